The number of amides is 1. The molecule has 21 heavy (non-hydrogen) atoms. The van der Waals surface area contributed by atoms with E-state index >= 15 is 0 Å². The Morgan fingerprint density at radius 3 is 2.19 bits per heavy atom. The van der Waals surface area contributed by atoms with Crippen LogP contribution in [0.4, 0.5) is 5.69 Å². The van der Waals surface area contributed by atoms with Gasteiger partial charge in [-0.3, -0.25) is 14.5 Å². The summed E-state index contributed by atoms with van der Waals surface area (Å²) >= 11 is 0. The third kappa shape index (κ3) is 2.84. The van der Waals surface area contributed by atoms with Crippen LogP contribution in [0.1, 0.15) is 35.3 Å². The average Bonchev–Trinajstić information content (AvgIpc) is 2.70. The molecule has 0 radical (unpaired) electrons. The van der Waals surface area contributed by atoms with Gasteiger partial charge in [-0.2, -0.15) is 0 Å². The van der Waals surface area contributed by atoms with Crippen LogP contribution in [0, 0.1) is 13.8 Å². The van der Waals surface area contributed by atoms with E-state index in [2.05, 4.69) is 0 Å². The Balaban J connectivity index is 2.36. The third-order valence-corrected chi connectivity index (χ3v) is 3.56. The SMILES string of the molecule is CCOC(CN1C(=O)C(=O)c2c(C)ccc(C)c21)OCC. The predicted molar refractivity (Wildman–Crippen MR) is 79.6 cm³/mol. The number of carbonyl (C=O) groups is 2. The van der Waals surface area contributed by atoms with Gasteiger partial charge in [-0.15, -0.1) is 0 Å². The molecule has 0 aromatic heterocycles. The number of anilines is 1. The first-order valence-electron chi connectivity index (χ1n) is 7.20. The molecule has 1 amide bonds. The van der Waals surface area contributed by atoms with Gasteiger partial charge in [0.25, 0.3) is 11.7 Å². The lowest BCUT2D eigenvalue weighted by Gasteiger charge is -2.24. The van der Waals surface area contributed by atoms with Crippen molar-refractivity contribution in [1.29, 1.82) is 0 Å². The minimum Gasteiger partial charge on any atom is -0.351 e. The zero-order valence-corrected chi connectivity index (χ0v) is 12.9. The van der Waals surface area contributed by atoms with E-state index in [9.17, 15) is 9.59 Å². The van der Waals surface area contributed by atoms with Crippen molar-refractivity contribution in [3.05, 3.63) is 28.8 Å². The van der Waals surface area contributed by atoms with Gasteiger partial charge in [-0.25, -0.2) is 0 Å². The molecule has 0 unspecified atom stereocenters. The normalized spacial score (nSPS) is 14.2. The molecule has 0 atom stereocenters. The number of carbonyl (C=O) groups excluding carboxylic acids is 2. The molecule has 0 fully saturated rings. The van der Waals surface area contributed by atoms with Gasteiger partial charge in [0.1, 0.15) is 0 Å². The van der Waals surface area contributed by atoms with Crippen molar-refractivity contribution >= 4 is 17.4 Å². The molecule has 0 spiro atoms. The monoisotopic (exact) mass is 291 g/mol. The number of aryl methyl sites for hydroxylation is 2. The van der Waals surface area contributed by atoms with Crippen LogP contribution in [-0.2, 0) is 14.3 Å². The number of rotatable bonds is 6. The van der Waals surface area contributed by atoms with Crippen molar-refractivity contribution in [2.75, 3.05) is 24.7 Å². The zero-order valence-electron chi connectivity index (χ0n) is 12.9. The maximum atomic E-state index is 12.3. The highest BCUT2D eigenvalue weighted by atomic mass is 16.7. The summed E-state index contributed by atoms with van der Waals surface area (Å²) in [5, 5.41) is 0. The average molecular weight is 291 g/mol. The Labute approximate surface area is 124 Å². The highest BCUT2D eigenvalue weighted by Gasteiger charge is 2.39. The largest absolute Gasteiger partial charge is 0.351 e. The number of benzene rings is 1. The molecule has 1 aromatic rings. The molecule has 0 bridgehead atoms. The van der Waals surface area contributed by atoms with Crippen LogP contribution in [0.25, 0.3) is 0 Å². The Morgan fingerprint density at radius 1 is 1.05 bits per heavy atom. The Bertz CT molecular complexity index is 562. The molecule has 0 aliphatic carbocycles. The minimum absolute atomic E-state index is 0.226. The van der Waals surface area contributed by atoms with E-state index in [1.165, 1.54) is 4.90 Å². The lowest BCUT2D eigenvalue weighted by atomic mass is 10.0. The van der Waals surface area contributed by atoms with E-state index in [1.54, 1.807) is 0 Å². The molecule has 1 aromatic carbocycles. The van der Waals surface area contributed by atoms with Gasteiger partial charge in [-0.1, -0.05) is 12.1 Å². The summed E-state index contributed by atoms with van der Waals surface area (Å²) in [5.41, 5.74) is 2.92. The fourth-order valence-electron chi connectivity index (χ4n) is 2.61. The number of nitrogens with zero attached hydrogens (tertiary/aromatic N) is 1. The summed E-state index contributed by atoms with van der Waals surface area (Å²) in [7, 11) is 0. The van der Waals surface area contributed by atoms with E-state index in [-0.39, 0.29) is 6.54 Å². The molecule has 114 valence electrons. The van der Waals surface area contributed by atoms with Crippen LogP contribution in [0.15, 0.2) is 12.1 Å². The smallest absolute Gasteiger partial charge is 0.299 e. The first-order valence-corrected chi connectivity index (χ1v) is 7.20. The van der Waals surface area contributed by atoms with E-state index in [0.29, 0.717) is 24.5 Å². The molecule has 1 heterocycles. The zero-order chi connectivity index (χ0) is 15.6. The Morgan fingerprint density at radius 2 is 1.62 bits per heavy atom. The van der Waals surface area contributed by atoms with E-state index < -0.39 is 18.0 Å². The van der Waals surface area contributed by atoms with Gasteiger partial charge in [-0.05, 0) is 38.8 Å². The van der Waals surface area contributed by atoms with Crippen molar-refractivity contribution < 1.29 is 19.1 Å². The van der Waals surface area contributed by atoms with Gasteiger partial charge in [0.15, 0.2) is 6.29 Å². The number of ether oxygens (including phenoxy) is 2. The molecular weight excluding hydrogens is 270 g/mol. The molecule has 5 heteroatoms. The molecular formula is C16H21NO4. The Kier molecular flexibility index (Phi) is 4.75. The van der Waals surface area contributed by atoms with Crippen LogP contribution in [0.5, 0.6) is 0 Å². The highest BCUT2D eigenvalue weighted by molar-refractivity contribution is 6.52. The second kappa shape index (κ2) is 6.37. The summed E-state index contributed by atoms with van der Waals surface area (Å²) in [6, 6.07) is 3.79. The van der Waals surface area contributed by atoms with Crippen LogP contribution in [0.2, 0.25) is 0 Å². The fraction of sp³-hybridized carbons (Fsp3) is 0.500. The molecule has 1 aliphatic heterocycles. The van der Waals surface area contributed by atoms with Crippen molar-refractivity contribution in [1.82, 2.24) is 0 Å². The van der Waals surface area contributed by atoms with Gasteiger partial charge in [0.2, 0.25) is 0 Å². The summed E-state index contributed by atoms with van der Waals surface area (Å²) in [5.74, 6) is -0.954. The van der Waals surface area contributed by atoms with Crippen molar-refractivity contribution in [3.8, 4) is 0 Å². The van der Waals surface area contributed by atoms with Crippen LogP contribution in [0.3, 0.4) is 0 Å². The van der Waals surface area contributed by atoms with Gasteiger partial charge >= 0.3 is 0 Å². The maximum absolute atomic E-state index is 12.3. The predicted octanol–water partition coefficient (Wildman–Crippen LogP) is 2.23. The minimum atomic E-state index is -0.525. The Hall–Kier alpha value is -1.72. The van der Waals surface area contributed by atoms with Crippen molar-refractivity contribution in [2.45, 2.75) is 34.0 Å². The summed E-state index contributed by atoms with van der Waals surface area (Å²) < 4.78 is 11.0. The summed E-state index contributed by atoms with van der Waals surface area (Å²) in [6.07, 6.45) is -0.525. The summed E-state index contributed by atoms with van der Waals surface area (Å²) in [6.45, 7) is 8.67. The standard InChI is InChI=1S/C16H21NO4/c1-5-20-12(21-6-2)9-17-14-11(4)8-7-10(3)13(14)15(18)16(17)19/h7-8,12H,5-6,9H2,1-4H3. The van der Waals surface area contributed by atoms with Crippen molar-refractivity contribution in [3.63, 3.8) is 0 Å². The number of hydrogen-bond donors (Lipinski definition) is 0. The number of hydrogen-bond acceptors (Lipinski definition) is 4. The number of ketones is 1. The first-order chi connectivity index (χ1) is 10.0. The second-order valence-electron chi connectivity index (χ2n) is 5.01. The molecule has 0 saturated heterocycles. The summed E-state index contributed by atoms with van der Waals surface area (Å²) in [4.78, 5) is 26.0. The van der Waals surface area contributed by atoms with Gasteiger partial charge in [0, 0.05) is 13.2 Å². The molecule has 2 rings (SSSR count). The lowest BCUT2D eigenvalue weighted by Crippen LogP contribution is -2.39. The second-order valence-corrected chi connectivity index (χ2v) is 5.01. The number of fused-ring (bicyclic) bond motifs is 1. The van der Waals surface area contributed by atoms with E-state index in [1.807, 2.05) is 39.8 Å². The lowest BCUT2D eigenvalue weighted by molar-refractivity contribution is -0.134. The molecule has 0 N–H and O–H groups in total. The van der Waals surface area contributed by atoms with Crippen LogP contribution in [-0.4, -0.2) is 37.7 Å². The van der Waals surface area contributed by atoms with Gasteiger partial charge < -0.3 is 9.47 Å². The van der Waals surface area contributed by atoms with Crippen LogP contribution < -0.4 is 4.90 Å². The molecule has 0 saturated carbocycles. The van der Waals surface area contributed by atoms with Gasteiger partial charge in [0.05, 0.1) is 17.8 Å². The number of Topliss-reactive ketones (excluding diaryl/α,β-unsaturated/α-hetero) is 1. The van der Waals surface area contributed by atoms with Crippen molar-refractivity contribution in [2.24, 2.45) is 0 Å². The third-order valence-electron chi connectivity index (χ3n) is 3.56. The first kappa shape index (κ1) is 15.7. The highest BCUT2D eigenvalue weighted by Crippen LogP contribution is 2.34. The fourth-order valence-corrected chi connectivity index (χ4v) is 2.61. The van der Waals surface area contributed by atoms with E-state index in [0.717, 1.165) is 11.1 Å². The molecule has 5 nitrogen and oxygen atoms in total. The quantitative estimate of drug-likeness (QED) is 0.596. The maximum Gasteiger partial charge on any atom is 0.299 e. The van der Waals surface area contributed by atoms with E-state index in [4.69, 9.17) is 9.47 Å². The van der Waals surface area contributed by atoms with Crippen LogP contribution >= 0.6 is 0 Å². The molecule has 1 aliphatic rings. The topological polar surface area (TPSA) is 55.8 Å².